The van der Waals surface area contributed by atoms with E-state index in [2.05, 4.69) is 15.0 Å². The largest absolute Gasteiger partial charge is 0.321 e. The molecule has 2 N–H and O–H groups in total. The molecule has 4 aromatic rings. The lowest BCUT2D eigenvalue weighted by Crippen LogP contribution is -2.13. The summed E-state index contributed by atoms with van der Waals surface area (Å²) >= 11 is 1.01. The van der Waals surface area contributed by atoms with E-state index >= 15 is 0 Å². The normalized spacial score (nSPS) is 10.9. The molecule has 9 heteroatoms. The maximum atomic E-state index is 12.9. The van der Waals surface area contributed by atoms with Crippen LogP contribution in [-0.2, 0) is 0 Å². The van der Waals surface area contributed by atoms with Gasteiger partial charge in [-0.1, -0.05) is 30.3 Å². The van der Waals surface area contributed by atoms with Gasteiger partial charge in [0.25, 0.3) is 16.8 Å². The molecular formula is C20H14N4O4S. The molecule has 0 radical (unpaired) electrons. The molecule has 0 unspecified atom stereocenters. The smallest absolute Gasteiger partial charge is 0.270 e. The lowest BCUT2D eigenvalue weighted by molar-refractivity contribution is -0.384. The molecule has 2 heterocycles. The molecule has 2 aromatic carbocycles. The van der Waals surface area contributed by atoms with Crippen molar-refractivity contribution < 1.29 is 4.92 Å². The van der Waals surface area contributed by atoms with Gasteiger partial charge in [0.1, 0.15) is 0 Å². The van der Waals surface area contributed by atoms with Crippen molar-refractivity contribution >= 4 is 28.4 Å². The molecule has 144 valence electrons. The van der Waals surface area contributed by atoms with Crippen molar-refractivity contribution in [2.24, 2.45) is 0 Å². The number of aromatic nitrogens is 3. The number of pyridine rings is 1. The van der Waals surface area contributed by atoms with Gasteiger partial charge in [0, 0.05) is 40.4 Å². The van der Waals surface area contributed by atoms with Crippen LogP contribution in [0.1, 0.15) is 5.69 Å². The number of nitrogens with zero attached hydrogens (tertiary/aromatic N) is 2. The first kappa shape index (κ1) is 18.6. The van der Waals surface area contributed by atoms with Crippen molar-refractivity contribution in [1.82, 2.24) is 15.0 Å². The predicted octanol–water partition coefficient (Wildman–Crippen LogP) is 3.65. The van der Waals surface area contributed by atoms with E-state index in [0.717, 1.165) is 17.3 Å². The SMILES string of the molecule is Cc1cc(=O)[nH]c(Sc2c(-c3ccccc3)c3cc([N+](=O)[O-])ccc3[nH]c2=O)n1. The van der Waals surface area contributed by atoms with E-state index in [-0.39, 0.29) is 26.9 Å². The number of hydrogen-bond donors (Lipinski definition) is 2. The van der Waals surface area contributed by atoms with Gasteiger partial charge in [-0.2, -0.15) is 0 Å². The molecule has 0 atom stereocenters. The van der Waals surface area contributed by atoms with Crippen molar-refractivity contribution in [2.75, 3.05) is 0 Å². The van der Waals surface area contributed by atoms with E-state index in [1.165, 1.54) is 24.3 Å². The van der Waals surface area contributed by atoms with E-state index in [1.807, 2.05) is 30.3 Å². The molecule has 0 saturated carbocycles. The maximum Gasteiger partial charge on any atom is 0.270 e. The summed E-state index contributed by atoms with van der Waals surface area (Å²) in [4.78, 5) is 45.5. The van der Waals surface area contributed by atoms with Crippen LogP contribution in [0.2, 0.25) is 0 Å². The van der Waals surface area contributed by atoms with E-state index in [1.54, 1.807) is 6.92 Å². The average molecular weight is 406 g/mol. The quantitative estimate of drug-likeness (QED) is 0.303. The Bertz CT molecular complexity index is 1360. The van der Waals surface area contributed by atoms with E-state index < -0.39 is 4.92 Å². The van der Waals surface area contributed by atoms with Crippen LogP contribution in [0.3, 0.4) is 0 Å². The number of aryl methyl sites for hydroxylation is 1. The zero-order valence-corrected chi connectivity index (χ0v) is 15.9. The molecule has 29 heavy (non-hydrogen) atoms. The van der Waals surface area contributed by atoms with Crippen LogP contribution in [0.15, 0.2) is 74.2 Å². The zero-order chi connectivity index (χ0) is 20.5. The van der Waals surface area contributed by atoms with Gasteiger partial charge in [-0.05, 0) is 30.3 Å². The summed E-state index contributed by atoms with van der Waals surface area (Å²) in [5, 5.41) is 12.1. The van der Waals surface area contributed by atoms with Gasteiger partial charge in [-0.15, -0.1) is 0 Å². The van der Waals surface area contributed by atoms with E-state index in [9.17, 15) is 19.7 Å². The second kappa shape index (κ2) is 7.36. The van der Waals surface area contributed by atoms with Gasteiger partial charge in [0.15, 0.2) is 5.16 Å². The topological polar surface area (TPSA) is 122 Å². The van der Waals surface area contributed by atoms with Crippen molar-refractivity contribution in [3.8, 4) is 11.1 Å². The molecule has 0 fully saturated rings. The maximum absolute atomic E-state index is 12.9. The Morgan fingerprint density at radius 3 is 2.48 bits per heavy atom. The predicted molar refractivity (Wildman–Crippen MR) is 110 cm³/mol. The number of aromatic amines is 2. The fraction of sp³-hybridized carbons (Fsp3) is 0.0500. The molecule has 0 aliphatic heterocycles. The Kier molecular flexibility index (Phi) is 4.73. The molecule has 0 spiro atoms. The number of nitro benzene ring substituents is 1. The summed E-state index contributed by atoms with van der Waals surface area (Å²) in [5.41, 5.74) is 1.48. The van der Waals surface area contributed by atoms with Crippen molar-refractivity contribution in [3.63, 3.8) is 0 Å². The van der Waals surface area contributed by atoms with Crippen LogP contribution in [0, 0.1) is 17.0 Å². The molecule has 0 bridgehead atoms. The lowest BCUT2D eigenvalue weighted by atomic mass is 10.0. The lowest BCUT2D eigenvalue weighted by Gasteiger charge is -2.12. The number of benzene rings is 2. The fourth-order valence-electron chi connectivity index (χ4n) is 3.06. The number of nitro groups is 1. The molecule has 0 aliphatic carbocycles. The zero-order valence-electron chi connectivity index (χ0n) is 15.1. The average Bonchev–Trinajstić information content (AvgIpc) is 2.68. The summed E-state index contributed by atoms with van der Waals surface area (Å²) in [6.07, 6.45) is 0. The van der Waals surface area contributed by atoms with Gasteiger partial charge in [0.05, 0.1) is 9.82 Å². The number of fused-ring (bicyclic) bond motifs is 1. The summed E-state index contributed by atoms with van der Waals surface area (Å²) in [6, 6.07) is 14.8. The number of H-pyrrole nitrogens is 2. The van der Waals surface area contributed by atoms with E-state index in [0.29, 0.717) is 22.2 Å². The number of hydrogen-bond acceptors (Lipinski definition) is 6. The van der Waals surface area contributed by atoms with Crippen molar-refractivity contribution in [1.29, 1.82) is 0 Å². The first-order valence-corrected chi connectivity index (χ1v) is 9.40. The molecule has 0 saturated heterocycles. The number of non-ortho nitro benzene ring substituents is 1. The highest BCUT2D eigenvalue weighted by atomic mass is 32.2. The van der Waals surface area contributed by atoms with Crippen molar-refractivity contribution in [3.05, 3.63) is 91.1 Å². The van der Waals surface area contributed by atoms with Crippen LogP contribution >= 0.6 is 11.8 Å². The fourth-order valence-corrected chi connectivity index (χ4v) is 4.07. The van der Waals surface area contributed by atoms with E-state index in [4.69, 9.17) is 0 Å². The highest BCUT2D eigenvalue weighted by Gasteiger charge is 2.19. The van der Waals surface area contributed by atoms with Crippen molar-refractivity contribution in [2.45, 2.75) is 17.0 Å². The highest BCUT2D eigenvalue weighted by Crippen LogP contribution is 2.37. The van der Waals surface area contributed by atoms with Crippen LogP contribution in [0.25, 0.3) is 22.0 Å². The first-order valence-electron chi connectivity index (χ1n) is 8.58. The molecule has 0 aliphatic rings. The summed E-state index contributed by atoms with van der Waals surface area (Å²) in [7, 11) is 0. The Morgan fingerprint density at radius 2 is 1.79 bits per heavy atom. The van der Waals surface area contributed by atoms with Crippen LogP contribution in [-0.4, -0.2) is 19.9 Å². The van der Waals surface area contributed by atoms with Gasteiger partial charge in [0.2, 0.25) is 0 Å². The minimum Gasteiger partial charge on any atom is -0.321 e. The summed E-state index contributed by atoms with van der Waals surface area (Å²) in [6.45, 7) is 1.69. The Labute approximate surface area is 167 Å². The van der Waals surface area contributed by atoms with Crippen LogP contribution in [0.5, 0.6) is 0 Å². The van der Waals surface area contributed by atoms with Crippen LogP contribution < -0.4 is 11.1 Å². The minimum absolute atomic E-state index is 0.0835. The molecule has 2 aromatic heterocycles. The minimum atomic E-state index is -0.480. The summed E-state index contributed by atoms with van der Waals surface area (Å²) < 4.78 is 0. The molecular weight excluding hydrogens is 392 g/mol. The van der Waals surface area contributed by atoms with Gasteiger partial charge < -0.3 is 9.97 Å². The molecule has 4 rings (SSSR count). The number of rotatable bonds is 4. The van der Waals surface area contributed by atoms with Gasteiger partial charge >= 0.3 is 0 Å². The Balaban J connectivity index is 2.04. The monoisotopic (exact) mass is 406 g/mol. The second-order valence-corrected chi connectivity index (χ2v) is 7.30. The van der Waals surface area contributed by atoms with Crippen LogP contribution in [0.4, 0.5) is 5.69 Å². The third-order valence-electron chi connectivity index (χ3n) is 4.27. The standard InChI is InChI=1S/C20H14N4O4S/c1-11-9-16(25)23-20(21-11)29-18-17(12-5-3-2-4-6-12)14-10-13(24(27)28)7-8-15(14)22-19(18)26/h2-10H,1H3,(H,22,26)(H,21,23,25). The molecule has 0 amide bonds. The third-order valence-corrected chi connectivity index (χ3v) is 5.25. The third kappa shape index (κ3) is 3.67. The first-order chi connectivity index (χ1) is 13.9. The molecule has 8 nitrogen and oxygen atoms in total. The highest BCUT2D eigenvalue weighted by molar-refractivity contribution is 7.99. The second-order valence-electron chi connectivity index (χ2n) is 6.31. The Morgan fingerprint density at radius 1 is 1.03 bits per heavy atom. The Hall–Kier alpha value is -3.72. The van der Waals surface area contributed by atoms with Gasteiger partial charge in [-0.25, -0.2) is 4.98 Å². The number of nitrogens with one attached hydrogen (secondary N) is 2. The summed E-state index contributed by atoms with van der Waals surface area (Å²) in [5.74, 6) is 0. The van der Waals surface area contributed by atoms with Gasteiger partial charge in [-0.3, -0.25) is 19.7 Å².